The van der Waals surface area contributed by atoms with Gasteiger partial charge in [0.05, 0.1) is 18.6 Å². The second kappa shape index (κ2) is 8.41. The molecule has 0 aliphatic heterocycles. The largest absolute Gasteiger partial charge is 0.344 e. The Morgan fingerprint density at radius 1 is 1.23 bits per heavy atom. The number of nitrogens with zero attached hydrogens (tertiary/aromatic N) is 2. The fraction of sp³-hybridized carbons (Fsp3) is 0.688. The Morgan fingerprint density at radius 2 is 1.88 bits per heavy atom. The van der Waals surface area contributed by atoms with Crippen molar-refractivity contribution in [1.82, 2.24) is 4.57 Å². The van der Waals surface area contributed by atoms with Crippen molar-refractivity contribution >= 4 is 31.6 Å². The van der Waals surface area contributed by atoms with Crippen LogP contribution in [-0.2, 0) is 26.7 Å². The second-order valence-electron chi connectivity index (χ2n) is 6.79. The highest BCUT2D eigenvalue weighted by Gasteiger charge is 2.25. The van der Waals surface area contributed by atoms with Crippen LogP contribution in [0.4, 0.5) is 11.5 Å². The Balaban J connectivity index is 2.28. The van der Waals surface area contributed by atoms with Crippen molar-refractivity contribution in [2.75, 3.05) is 16.7 Å². The number of hydrogen-bond acceptors (Lipinski definition) is 4. The molecule has 0 unspecified atom stereocenters. The van der Waals surface area contributed by atoms with E-state index in [0.29, 0.717) is 18.7 Å². The van der Waals surface area contributed by atoms with E-state index < -0.39 is 20.1 Å². The molecule has 1 aromatic rings. The standard InChI is InChI=1S/C16H25N3O5S2/c1-17-15-14(13-8-4-3-5-9-13)12-19(16(15)18-25(2,20)21)10-6-7-11-26(22,23)24/h12-13,18H,3-11H2,2H3,(H,22,23,24). The minimum Gasteiger partial charge on any atom is -0.344 e. The summed E-state index contributed by atoms with van der Waals surface area (Å²) in [5, 5.41) is 0. The quantitative estimate of drug-likeness (QED) is 0.394. The summed E-state index contributed by atoms with van der Waals surface area (Å²) >= 11 is 0. The maximum absolute atomic E-state index is 11.7. The van der Waals surface area contributed by atoms with Gasteiger partial charge in [-0.25, -0.2) is 13.3 Å². The van der Waals surface area contributed by atoms with Crippen LogP contribution in [0, 0.1) is 6.57 Å². The molecule has 0 spiro atoms. The van der Waals surface area contributed by atoms with Crippen LogP contribution in [0.25, 0.3) is 4.85 Å². The maximum atomic E-state index is 11.7. The van der Waals surface area contributed by atoms with Gasteiger partial charge in [0.25, 0.3) is 10.1 Å². The fourth-order valence-electron chi connectivity index (χ4n) is 3.42. The number of nitrogens with one attached hydrogen (secondary N) is 1. The molecule has 0 bridgehead atoms. The monoisotopic (exact) mass is 403 g/mol. The lowest BCUT2D eigenvalue weighted by atomic mass is 9.85. The molecule has 0 aromatic carbocycles. The number of anilines is 1. The third-order valence-corrected chi connectivity index (χ3v) is 5.94. The Bertz CT molecular complexity index is 876. The molecule has 10 heteroatoms. The molecule has 0 saturated heterocycles. The molecule has 2 N–H and O–H groups in total. The summed E-state index contributed by atoms with van der Waals surface area (Å²) in [5.41, 5.74) is 1.19. The highest BCUT2D eigenvalue weighted by Crippen LogP contribution is 2.43. The van der Waals surface area contributed by atoms with E-state index in [9.17, 15) is 16.8 Å². The predicted molar refractivity (Wildman–Crippen MR) is 101 cm³/mol. The maximum Gasteiger partial charge on any atom is 0.264 e. The molecule has 1 aliphatic carbocycles. The highest BCUT2D eigenvalue weighted by molar-refractivity contribution is 7.92. The van der Waals surface area contributed by atoms with Gasteiger partial charge in [0.2, 0.25) is 15.7 Å². The first-order valence-corrected chi connectivity index (χ1v) is 12.1. The van der Waals surface area contributed by atoms with Gasteiger partial charge in [0.15, 0.2) is 0 Å². The van der Waals surface area contributed by atoms with Gasteiger partial charge in [-0.2, -0.15) is 8.42 Å². The fourth-order valence-corrected chi connectivity index (χ4v) is 4.56. The Kier molecular flexibility index (Phi) is 6.71. The van der Waals surface area contributed by atoms with Crippen LogP contribution in [0.2, 0.25) is 0 Å². The van der Waals surface area contributed by atoms with Gasteiger partial charge in [0, 0.05) is 6.54 Å². The molecule has 0 amide bonds. The van der Waals surface area contributed by atoms with E-state index in [1.165, 1.54) is 6.42 Å². The molecule has 8 nitrogen and oxygen atoms in total. The van der Waals surface area contributed by atoms with E-state index in [-0.39, 0.29) is 23.9 Å². The molecular weight excluding hydrogens is 378 g/mol. The van der Waals surface area contributed by atoms with E-state index >= 15 is 0 Å². The molecule has 1 aromatic heterocycles. The van der Waals surface area contributed by atoms with Crippen molar-refractivity contribution in [2.45, 2.75) is 57.4 Å². The highest BCUT2D eigenvalue weighted by atomic mass is 32.2. The van der Waals surface area contributed by atoms with Crippen LogP contribution in [0.3, 0.4) is 0 Å². The first-order chi connectivity index (χ1) is 12.1. The molecule has 2 rings (SSSR count). The SMILES string of the molecule is [C-]#[N+]c1c(C2CCCCC2)cn(CCCCS(=O)(=O)O)c1NS(C)(=O)=O. The second-order valence-corrected chi connectivity index (χ2v) is 10.1. The van der Waals surface area contributed by atoms with Crippen LogP contribution < -0.4 is 4.72 Å². The molecule has 0 atom stereocenters. The van der Waals surface area contributed by atoms with Gasteiger partial charge in [0.1, 0.15) is 5.82 Å². The lowest BCUT2D eigenvalue weighted by Crippen LogP contribution is -2.14. The summed E-state index contributed by atoms with van der Waals surface area (Å²) in [6.45, 7) is 7.89. The molecule has 146 valence electrons. The average molecular weight is 404 g/mol. The van der Waals surface area contributed by atoms with E-state index in [0.717, 1.165) is 37.5 Å². The van der Waals surface area contributed by atoms with E-state index in [1.54, 1.807) is 4.57 Å². The average Bonchev–Trinajstić information content (AvgIpc) is 2.87. The number of sulfonamides is 1. The Labute approximate surface area is 155 Å². The normalized spacial score (nSPS) is 16.3. The number of aryl methyl sites for hydroxylation is 1. The van der Waals surface area contributed by atoms with Gasteiger partial charge in [-0.1, -0.05) is 19.3 Å². The van der Waals surface area contributed by atoms with E-state index in [2.05, 4.69) is 9.57 Å². The summed E-state index contributed by atoms with van der Waals surface area (Å²) in [7, 11) is -7.57. The van der Waals surface area contributed by atoms with Gasteiger partial charge < -0.3 is 4.57 Å². The van der Waals surface area contributed by atoms with Crippen molar-refractivity contribution in [3.8, 4) is 0 Å². The van der Waals surface area contributed by atoms with Crippen molar-refractivity contribution < 1.29 is 21.4 Å². The number of hydrogen-bond donors (Lipinski definition) is 2. The minimum absolute atomic E-state index is 0.243. The zero-order chi connectivity index (χ0) is 19.4. The van der Waals surface area contributed by atoms with Crippen LogP contribution in [0.5, 0.6) is 0 Å². The summed E-state index contributed by atoms with van der Waals surface area (Å²) in [5.74, 6) is 0.149. The van der Waals surface area contributed by atoms with Gasteiger partial charge >= 0.3 is 0 Å². The van der Waals surface area contributed by atoms with Crippen LogP contribution >= 0.6 is 0 Å². The smallest absolute Gasteiger partial charge is 0.264 e. The van der Waals surface area contributed by atoms with Crippen molar-refractivity contribution in [3.05, 3.63) is 23.2 Å². The first kappa shape index (κ1) is 20.7. The number of aromatic nitrogens is 1. The van der Waals surface area contributed by atoms with Crippen LogP contribution in [-0.4, -0.2) is 38.0 Å². The summed E-state index contributed by atoms with van der Waals surface area (Å²) in [6.07, 6.45) is 8.87. The van der Waals surface area contributed by atoms with Crippen molar-refractivity contribution in [3.63, 3.8) is 0 Å². The van der Waals surface area contributed by atoms with Crippen molar-refractivity contribution in [1.29, 1.82) is 0 Å². The molecule has 1 fully saturated rings. The van der Waals surface area contributed by atoms with Crippen LogP contribution in [0.15, 0.2) is 6.20 Å². The molecule has 26 heavy (non-hydrogen) atoms. The van der Waals surface area contributed by atoms with E-state index in [4.69, 9.17) is 11.1 Å². The summed E-state index contributed by atoms with van der Waals surface area (Å²) in [4.78, 5) is 3.58. The Morgan fingerprint density at radius 3 is 2.42 bits per heavy atom. The summed E-state index contributed by atoms with van der Waals surface area (Å²) < 4.78 is 58.0. The predicted octanol–water partition coefficient (Wildman–Crippen LogP) is 3.13. The van der Waals surface area contributed by atoms with Gasteiger partial charge in [-0.3, -0.25) is 9.27 Å². The number of unbranched alkanes of at least 4 members (excludes halogenated alkanes) is 1. The Hall–Kier alpha value is -1.57. The lowest BCUT2D eigenvalue weighted by molar-refractivity contribution is 0.444. The topological polar surface area (TPSA) is 110 Å². The van der Waals surface area contributed by atoms with Gasteiger partial charge in [-0.15, -0.1) is 0 Å². The zero-order valence-corrected chi connectivity index (χ0v) is 16.4. The van der Waals surface area contributed by atoms with E-state index in [1.807, 2.05) is 6.20 Å². The lowest BCUT2D eigenvalue weighted by Gasteiger charge is -2.21. The van der Waals surface area contributed by atoms with Crippen molar-refractivity contribution in [2.24, 2.45) is 0 Å². The molecule has 0 radical (unpaired) electrons. The minimum atomic E-state index is -4.01. The first-order valence-electron chi connectivity index (χ1n) is 8.64. The molecule has 1 saturated carbocycles. The van der Waals surface area contributed by atoms with Gasteiger partial charge in [-0.05, 0) is 43.4 Å². The third kappa shape index (κ3) is 6.00. The number of rotatable bonds is 8. The third-order valence-electron chi connectivity index (χ3n) is 4.57. The molecule has 1 aliphatic rings. The summed E-state index contributed by atoms with van der Waals surface area (Å²) in [6, 6.07) is 0. The molecule has 1 heterocycles. The zero-order valence-electron chi connectivity index (χ0n) is 14.8. The van der Waals surface area contributed by atoms with Crippen LogP contribution in [0.1, 0.15) is 56.4 Å². The molecular formula is C16H25N3O5S2.